The molecule has 3 aromatic heterocycles. The number of para-hydroxylation sites is 2. The van der Waals surface area contributed by atoms with Gasteiger partial charge < -0.3 is 8.83 Å². The maximum atomic E-state index is 6.42. The van der Waals surface area contributed by atoms with Crippen LogP contribution in [0.1, 0.15) is 0 Å². The van der Waals surface area contributed by atoms with Crippen LogP contribution < -0.4 is 0 Å². The topological polar surface area (TPSA) is 52.1 Å². The van der Waals surface area contributed by atoms with Gasteiger partial charge in [-0.2, -0.15) is 0 Å². The first-order valence-electron chi connectivity index (χ1n) is 14.6. The number of fused-ring (bicyclic) bond motifs is 6. The van der Waals surface area contributed by atoms with Crippen LogP contribution in [0.25, 0.3) is 88.6 Å². The molecule has 0 atom stereocenters. The van der Waals surface area contributed by atoms with Crippen molar-refractivity contribution in [2.24, 2.45) is 0 Å². The first-order valence-corrected chi connectivity index (χ1v) is 14.6. The van der Waals surface area contributed by atoms with E-state index in [2.05, 4.69) is 114 Å². The van der Waals surface area contributed by atoms with Crippen LogP contribution in [-0.4, -0.2) is 9.97 Å². The summed E-state index contributed by atoms with van der Waals surface area (Å²) in [5.41, 5.74) is 12.5. The predicted molar refractivity (Wildman–Crippen MR) is 178 cm³/mol. The number of hydrogen-bond acceptors (Lipinski definition) is 4. The summed E-state index contributed by atoms with van der Waals surface area (Å²) in [5.74, 6) is 0. The molecule has 0 saturated heterocycles. The highest BCUT2D eigenvalue weighted by atomic mass is 16.3. The van der Waals surface area contributed by atoms with E-state index in [1.54, 1.807) is 6.33 Å². The second-order valence-electron chi connectivity index (χ2n) is 11.0. The lowest BCUT2D eigenvalue weighted by Gasteiger charge is -2.06. The molecule has 0 N–H and O–H groups in total. The molecule has 0 bridgehead atoms. The van der Waals surface area contributed by atoms with Crippen molar-refractivity contribution >= 4 is 44.0 Å². The molecule has 0 aliphatic carbocycles. The summed E-state index contributed by atoms with van der Waals surface area (Å²) in [7, 11) is 0. The van der Waals surface area contributed by atoms with Crippen LogP contribution in [0, 0.1) is 0 Å². The summed E-state index contributed by atoms with van der Waals surface area (Å²) in [6.45, 7) is 0. The van der Waals surface area contributed by atoms with Crippen molar-refractivity contribution in [3.8, 4) is 44.6 Å². The smallest absolute Gasteiger partial charge is 0.180 e. The van der Waals surface area contributed by atoms with E-state index in [0.29, 0.717) is 5.58 Å². The maximum Gasteiger partial charge on any atom is 0.180 e. The van der Waals surface area contributed by atoms with E-state index in [9.17, 15) is 0 Å². The molecule has 206 valence electrons. The second kappa shape index (κ2) is 9.79. The molecule has 0 aliphatic heterocycles. The van der Waals surface area contributed by atoms with Crippen molar-refractivity contribution in [2.75, 3.05) is 0 Å². The van der Waals surface area contributed by atoms with Gasteiger partial charge in [-0.1, -0.05) is 115 Å². The average molecular weight is 565 g/mol. The molecule has 9 rings (SSSR count). The van der Waals surface area contributed by atoms with Gasteiger partial charge in [0.1, 0.15) is 34.3 Å². The van der Waals surface area contributed by atoms with Gasteiger partial charge >= 0.3 is 0 Å². The number of furan rings is 2. The normalized spacial score (nSPS) is 11.6. The molecule has 4 heteroatoms. The number of benzene rings is 6. The molecule has 0 aliphatic rings. The van der Waals surface area contributed by atoms with E-state index < -0.39 is 0 Å². The molecule has 3 heterocycles. The van der Waals surface area contributed by atoms with Gasteiger partial charge in [-0.05, 0) is 52.1 Å². The largest absolute Gasteiger partial charge is 0.455 e. The van der Waals surface area contributed by atoms with Crippen LogP contribution in [0.3, 0.4) is 0 Å². The van der Waals surface area contributed by atoms with Gasteiger partial charge in [0.05, 0.1) is 0 Å². The molecular weight excluding hydrogens is 540 g/mol. The lowest BCUT2D eigenvalue weighted by molar-refractivity contribution is 0.667. The highest BCUT2D eigenvalue weighted by Crippen LogP contribution is 2.39. The van der Waals surface area contributed by atoms with E-state index >= 15 is 0 Å². The summed E-state index contributed by atoms with van der Waals surface area (Å²) in [4.78, 5) is 9.37. The zero-order chi connectivity index (χ0) is 29.0. The number of nitrogens with zero attached hydrogens (tertiary/aromatic N) is 2. The van der Waals surface area contributed by atoms with Crippen molar-refractivity contribution in [2.45, 2.75) is 0 Å². The summed E-state index contributed by atoms with van der Waals surface area (Å²) in [6.07, 6.45) is 1.63. The standard InChI is InChI=1S/C40H24N2O2/c1-2-8-25(9-3-1)26-16-18-27(19-17-26)28-20-21-36-34(23-28)38-40(44-36)37(41-24-42-38)30-11-6-10-29(22-30)31-13-7-14-33-32-12-4-5-15-35(32)43-39(31)33/h1-24H. The van der Waals surface area contributed by atoms with Crippen molar-refractivity contribution in [1.29, 1.82) is 0 Å². The van der Waals surface area contributed by atoms with E-state index in [0.717, 1.165) is 71.9 Å². The Morgan fingerprint density at radius 2 is 1.02 bits per heavy atom. The average Bonchev–Trinajstić information content (AvgIpc) is 3.67. The van der Waals surface area contributed by atoms with E-state index in [1.165, 1.54) is 11.1 Å². The van der Waals surface area contributed by atoms with Gasteiger partial charge in [0, 0.05) is 27.3 Å². The van der Waals surface area contributed by atoms with Crippen molar-refractivity contribution in [3.05, 3.63) is 146 Å². The molecule has 44 heavy (non-hydrogen) atoms. The number of rotatable bonds is 4. The Kier molecular flexibility index (Phi) is 5.47. The third-order valence-electron chi connectivity index (χ3n) is 8.43. The quantitative estimate of drug-likeness (QED) is 0.213. The number of aromatic nitrogens is 2. The summed E-state index contributed by atoms with van der Waals surface area (Å²) >= 11 is 0. The monoisotopic (exact) mass is 564 g/mol. The zero-order valence-corrected chi connectivity index (χ0v) is 23.6. The molecule has 0 radical (unpaired) electrons. The first-order chi connectivity index (χ1) is 21.8. The fourth-order valence-electron chi connectivity index (χ4n) is 6.26. The van der Waals surface area contributed by atoms with Crippen molar-refractivity contribution in [3.63, 3.8) is 0 Å². The minimum Gasteiger partial charge on any atom is -0.455 e. The zero-order valence-electron chi connectivity index (χ0n) is 23.6. The molecule has 0 saturated carbocycles. The first kappa shape index (κ1) is 24.6. The Balaban J connectivity index is 1.13. The summed E-state index contributed by atoms with van der Waals surface area (Å²) in [6, 6.07) is 48.2. The fraction of sp³-hybridized carbons (Fsp3) is 0. The summed E-state index contributed by atoms with van der Waals surface area (Å²) < 4.78 is 12.7. The van der Waals surface area contributed by atoms with Crippen LogP contribution in [-0.2, 0) is 0 Å². The van der Waals surface area contributed by atoms with Gasteiger partial charge in [0.15, 0.2) is 5.58 Å². The minimum absolute atomic E-state index is 0.679. The molecule has 9 aromatic rings. The van der Waals surface area contributed by atoms with Crippen LogP contribution in [0.2, 0.25) is 0 Å². The third-order valence-corrected chi connectivity index (χ3v) is 8.43. The Labute approximate surface area is 252 Å². The van der Waals surface area contributed by atoms with Crippen LogP contribution >= 0.6 is 0 Å². The van der Waals surface area contributed by atoms with Crippen molar-refractivity contribution < 1.29 is 8.83 Å². The molecular formula is C40H24N2O2. The predicted octanol–water partition coefficient (Wildman–Crippen LogP) is 10.9. The van der Waals surface area contributed by atoms with Crippen LogP contribution in [0.15, 0.2) is 155 Å². The Morgan fingerprint density at radius 1 is 0.386 bits per heavy atom. The van der Waals surface area contributed by atoms with E-state index in [1.807, 2.05) is 30.3 Å². The molecule has 4 nitrogen and oxygen atoms in total. The summed E-state index contributed by atoms with van der Waals surface area (Å²) in [5, 5.41) is 3.19. The fourth-order valence-corrected chi connectivity index (χ4v) is 6.26. The Bertz CT molecular complexity index is 2490. The number of hydrogen-bond donors (Lipinski definition) is 0. The van der Waals surface area contributed by atoms with Gasteiger partial charge in [-0.15, -0.1) is 0 Å². The lowest BCUT2D eigenvalue weighted by atomic mass is 9.99. The van der Waals surface area contributed by atoms with E-state index in [-0.39, 0.29) is 0 Å². The van der Waals surface area contributed by atoms with Gasteiger partial charge in [0.2, 0.25) is 0 Å². The van der Waals surface area contributed by atoms with Crippen LogP contribution in [0.5, 0.6) is 0 Å². The van der Waals surface area contributed by atoms with Crippen molar-refractivity contribution in [1.82, 2.24) is 9.97 Å². The molecule has 0 fully saturated rings. The van der Waals surface area contributed by atoms with E-state index in [4.69, 9.17) is 13.8 Å². The second-order valence-corrected chi connectivity index (χ2v) is 11.0. The van der Waals surface area contributed by atoms with Gasteiger partial charge in [-0.25, -0.2) is 9.97 Å². The SMILES string of the molecule is c1ccc(-c2ccc(-c3ccc4oc5c(-c6cccc(-c7cccc8c7oc7ccccc78)c6)ncnc5c4c3)cc2)cc1. The highest BCUT2D eigenvalue weighted by molar-refractivity contribution is 6.10. The lowest BCUT2D eigenvalue weighted by Crippen LogP contribution is -1.88. The van der Waals surface area contributed by atoms with Gasteiger partial charge in [0.25, 0.3) is 0 Å². The molecule has 0 unspecified atom stereocenters. The molecule has 6 aromatic carbocycles. The highest BCUT2D eigenvalue weighted by Gasteiger charge is 2.17. The van der Waals surface area contributed by atoms with Crippen LogP contribution in [0.4, 0.5) is 0 Å². The molecule has 0 spiro atoms. The van der Waals surface area contributed by atoms with Gasteiger partial charge in [-0.3, -0.25) is 0 Å². The molecule has 0 amide bonds. The third kappa shape index (κ3) is 3.92. The maximum absolute atomic E-state index is 6.42. The minimum atomic E-state index is 0.679. The Hall–Kier alpha value is -6.00. The Morgan fingerprint density at radius 3 is 1.91 bits per heavy atom.